The molecule has 0 radical (unpaired) electrons. The van der Waals surface area contributed by atoms with E-state index in [1.54, 1.807) is 0 Å². The molecular formula is C11H12N4O3S. The SMILES string of the molecule is CNS(=O)(=O)c1ccc(NC(=O)c2cn[nH]c2)cc1. The number of aromatic nitrogens is 2. The van der Waals surface area contributed by atoms with Gasteiger partial charge in [-0.2, -0.15) is 5.10 Å². The highest BCUT2D eigenvalue weighted by Crippen LogP contribution is 2.14. The van der Waals surface area contributed by atoms with Gasteiger partial charge in [0, 0.05) is 11.9 Å². The fourth-order valence-corrected chi connectivity index (χ4v) is 2.14. The van der Waals surface area contributed by atoms with E-state index in [4.69, 9.17) is 0 Å². The van der Waals surface area contributed by atoms with Crippen molar-refractivity contribution < 1.29 is 13.2 Å². The summed E-state index contributed by atoms with van der Waals surface area (Å²) in [6, 6.07) is 5.86. The predicted octanol–water partition coefficient (Wildman–Crippen LogP) is 0.570. The van der Waals surface area contributed by atoms with Gasteiger partial charge < -0.3 is 5.32 Å². The van der Waals surface area contributed by atoms with Crippen molar-refractivity contribution in [2.24, 2.45) is 0 Å². The maximum Gasteiger partial charge on any atom is 0.258 e. The van der Waals surface area contributed by atoms with Gasteiger partial charge in [-0.1, -0.05) is 0 Å². The molecule has 1 amide bonds. The van der Waals surface area contributed by atoms with Gasteiger partial charge in [-0.05, 0) is 31.3 Å². The lowest BCUT2D eigenvalue weighted by molar-refractivity contribution is 0.102. The first kappa shape index (κ1) is 13.2. The smallest absolute Gasteiger partial charge is 0.258 e. The van der Waals surface area contributed by atoms with Crippen molar-refractivity contribution in [2.45, 2.75) is 4.90 Å². The summed E-state index contributed by atoms with van der Waals surface area (Å²) in [7, 11) is -2.13. The van der Waals surface area contributed by atoms with E-state index in [1.165, 1.54) is 43.7 Å². The molecule has 0 atom stereocenters. The molecule has 0 bridgehead atoms. The monoisotopic (exact) mass is 280 g/mol. The number of nitrogens with one attached hydrogen (secondary N) is 3. The predicted molar refractivity (Wildman–Crippen MR) is 69.2 cm³/mol. The van der Waals surface area contributed by atoms with Crippen molar-refractivity contribution in [1.29, 1.82) is 0 Å². The number of sulfonamides is 1. The van der Waals surface area contributed by atoms with Gasteiger partial charge >= 0.3 is 0 Å². The molecule has 0 unspecified atom stereocenters. The van der Waals surface area contributed by atoms with E-state index in [0.717, 1.165) is 0 Å². The minimum atomic E-state index is -3.46. The molecule has 1 aromatic heterocycles. The summed E-state index contributed by atoms with van der Waals surface area (Å²) in [6.45, 7) is 0. The largest absolute Gasteiger partial charge is 0.322 e. The van der Waals surface area contributed by atoms with Crippen LogP contribution in [0.3, 0.4) is 0 Å². The number of carbonyl (C=O) groups excluding carboxylic acids is 1. The Morgan fingerprint density at radius 2 is 1.95 bits per heavy atom. The second kappa shape index (κ2) is 5.21. The third-order valence-corrected chi connectivity index (χ3v) is 3.88. The highest BCUT2D eigenvalue weighted by atomic mass is 32.2. The molecule has 0 aliphatic heterocycles. The van der Waals surface area contributed by atoms with E-state index in [-0.39, 0.29) is 10.8 Å². The van der Waals surface area contributed by atoms with Crippen molar-refractivity contribution >= 4 is 21.6 Å². The molecule has 0 aliphatic carbocycles. The number of nitrogens with zero attached hydrogens (tertiary/aromatic N) is 1. The van der Waals surface area contributed by atoms with Crippen molar-refractivity contribution in [1.82, 2.24) is 14.9 Å². The van der Waals surface area contributed by atoms with Crippen LogP contribution in [0.4, 0.5) is 5.69 Å². The molecule has 0 saturated heterocycles. The molecule has 3 N–H and O–H groups in total. The average molecular weight is 280 g/mol. The number of carbonyl (C=O) groups is 1. The quantitative estimate of drug-likeness (QED) is 0.761. The zero-order valence-corrected chi connectivity index (χ0v) is 10.9. The highest BCUT2D eigenvalue weighted by molar-refractivity contribution is 7.89. The van der Waals surface area contributed by atoms with Gasteiger partial charge in [0.1, 0.15) is 0 Å². The molecule has 0 fully saturated rings. The standard InChI is InChI=1S/C11H12N4O3S/c1-12-19(17,18)10-4-2-9(3-5-10)15-11(16)8-6-13-14-7-8/h2-7,12H,1H3,(H,13,14)(H,15,16). The number of amides is 1. The number of rotatable bonds is 4. The number of H-pyrrole nitrogens is 1. The third kappa shape index (κ3) is 2.98. The van der Waals surface area contributed by atoms with Crippen LogP contribution in [0.15, 0.2) is 41.6 Å². The van der Waals surface area contributed by atoms with Gasteiger partial charge in [0.15, 0.2) is 0 Å². The summed E-state index contributed by atoms with van der Waals surface area (Å²) < 4.78 is 25.2. The molecule has 19 heavy (non-hydrogen) atoms. The summed E-state index contributed by atoms with van der Waals surface area (Å²) >= 11 is 0. The third-order valence-electron chi connectivity index (χ3n) is 2.45. The van der Waals surface area contributed by atoms with E-state index in [0.29, 0.717) is 11.3 Å². The van der Waals surface area contributed by atoms with Gasteiger partial charge in [0.2, 0.25) is 10.0 Å². The molecule has 0 saturated carbocycles. The Hall–Kier alpha value is -2.19. The van der Waals surface area contributed by atoms with Crippen LogP contribution in [0.2, 0.25) is 0 Å². The van der Waals surface area contributed by atoms with Gasteiger partial charge in [-0.25, -0.2) is 13.1 Å². The maximum absolute atomic E-state index is 11.7. The highest BCUT2D eigenvalue weighted by Gasteiger charge is 2.11. The lowest BCUT2D eigenvalue weighted by atomic mass is 10.3. The first-order valence-corrected chi connectivity index (χ1v) is 6.85. The zero-order valence-electron chi connectivity index (χ0n) is 10.0. The molecule has 100 valence electrons. The molecular weight excluding hydrogens is 268 g/mol. The van der Waals surface area contributed by atoms with E-state index in [9.17, 15) is 13.2 Å². The second-order valence-corrected chi connectivity index (χ2v) is 5.56. The summed E-state index contributed by atoms with van der Waals surface area (Å²) in [5, 5.41) is 8.83. The molecule has 2 aromatic rings. The van der Waals surface area contributed by atoms with E-state index in [2.05, 4.69) is 20.2 Å². The van der Waals surface area contributed by atoms with Gasteiger partial charge in [0.25, 0.3) is 5.91 Å². The Kier molecular flexibility index (Phi) is 3.63. The van der Waals surface area contributed by atoms with Gasteiger partial charge in [0.05, 0.1) is 16.7 Å². The number of benzene rings is 1. The van der Waals surface area contributed by atoms with E-state index >= 15 is 0 Å². The normalized spacial score (nSPS) is 11.2. The van der Waals surface area contributed by atoms with Crippen LogP contribution in [-0.4, -0.2) is 31.6 Å². The Labute approximate surface area is 110 Å². The number of anilines is 1. The Bertz CT molecular complexity index is 662. The first-order valence-electron chi connectivity index (χ1n) is 5.36. The van der Waals surface area contributed by atoms with Crippen molar-refractivity contribution in [3.8, 4) is 0 Å². The van der Waals surface area contributed by atoms with Crippen LogP contribution in [0.1, 0.15) is 10.4 Å². The number of hydrogen-bond acceptors (Lipinski definition) is 4. The molecule has 7 nitrogen and oxygen atoms in total. The minimum Gasteiger partial charge on any atom is -0.322 e. The molecule has 0 spiro atoms. The summed E-state index contributed by atoms with van der Waals surface area (Å²) in [4.78, 5) is 11.8. The summed E-state index contributed by atoms with van der Waals surface area (Å²) in [5.41, 5.74) is 0.896. The fourth-order valence-electron chi connectivity index (χ4n) is 1.41. The fraction of sp³-hybridized carbons (Fsp3) is 0.0909. The first-order chi connectivity index (χ1) is 9.03. The van der Waals surface area contributed by atoms with Crippen molar-refractivity contribution in [3.05, 3.63) is 42.2 Å². The topological polar surface area (TPSA) is 104 Å². The molecule has 1 aromatic carbocycles. The molecule has 0 aliphatic rings. The van der Waals surface area contributed by atoms with Crippen molar-refractivity contribution in [3.63, 3.8) is 0 Å². The lowest BCUT2D eigenvalue weighted by Gasteiger charge is -2.05. The summed E-state index contributed by atoms with van der Waals surface area (Å²) in [6.07, 6.45) is 2.87. The van der Waals surface area contributed by atoms with Gasteiger partial charge in [-0.15, -0.1) is 0 Å². The number of aromatic amines is 1. The molecule has 8 heteroatoms. The zero-order chi connectivity index (χ0) is 13.9. The van der Waals surface area contributed by atoms with E-state index < -0.39 is 10.0 Å². The Morgan fingerprint density at radius 1 is 1.26 bits per heavy atom. The Morgan fingerprint density at radius 3 is 2.47 bits per heavy atom. The average Bonchev–Trinajstić information content (AvgIpc) is 2.93. The van der Waals surface area contributed by atoms with Crippen LogP contribution in [0.5, 0.6) is 0 Å². The summed E-state index contributed by atoms with van der Waals surface area (Å²) in [5.74, 6) is -0.321. The molecule has 1 heterocycles. The second-order valence-electron chi connectivity index (χ2n) is 3.67. The van der Waals surface area contributed by atoms with Crippen LogP contribution in [0.25, 0.3) is 0 Å². The number of hydrogen-bond donors (Lipinski definition) is 3. The van der Waals surface area contributed by atoms with Crippen LogP contribution in [-0.2, 0) is 10.0 Å². The maximum atomic E-state index is 11.7. The van der Waals surface area contributed by atoms with E-state index in [1.807, 2.05) is 0 Å². The Balaban J connectivity index is 2.14. The van der Waals surface area contributed by atoms with Gasteiger partial charge in [-0.3, -0.25) is 9.89 Å². The minimum absolute atomic E-state index is 0.135. The van der Waals surface area contributed by atoms with Crippen LogP contribution in [0, 0.1) is 0 Å². The lowest BCUT2D eigenvalue weighted by Crippen LogP contribution is -2.18. The van der Waals surface area contributed by atoms with Crippen molar-refractivity contribution in [2.75, 3.05) is 12.4 Å². The van der Waals surface area contributed by atoms with Crippen LogP contribution >= 0.6 is 0 Å². The molecule has 2 rings (SSSR count). The van der Waals surface area contributed by atoms with Crippen LogP contribution < -0.4 is 10.0 Å².